The van der Waals surface area contributed by atoms with Gasteiger partial charge in [-0.1, -0.05) is 43.7 Å². The summed E-state index contributed by atoms with van der Waals surface area (Å²) in [5.41, 5.74) is 1.42. The fourth-order valence-corrected chi connectivity index (χ4v) is 2.29. The predicted molar refractivity (Wildman–Crippen MR) is 100 cm³/mol. The van der Waals surface area contributed by atoms with Crippen LogP contribution in [0.15, 0.2) is 54.6 Å². The Balaban J connectivity index is 1.79. The molecule has 0 unspecified atom stereocenters. The van der Waals surface area contributed by atoms with Crippen LogP contribution in [0.25, 0.3) is 0 Å². The van der Waals surface area contributed by atoms with E-state index in [1.54, 1.807) is 31.3 Å². The molecule has 0 aliphatic rings. The van der Waals surface area contributed by atoms with Crippen molar-refractivity contribution in [3.05, 3.63) is 65.7 Å². The molecule has 0 aliphatic carbocycles. The molecule has 2 aromatic rings. The van der Waals surface area contributed by atoms with Gasteiger partial charge in [0.1, 0.15) is 5.75 Å². The number of amides is 1. The van der Waals surface area contributed by atoms with Crippen molar-refractivity contribution in [3.63, 3.8) is 0 Å². The van der Waals surface area contributed by atoms with Crippen molar-refractivity contribution in [1.29, 1.82) is 0 Å². The summed E-state index contributed by atoms with van der Waals surface area (Å²) in [6.07, 6.45) is 2.06. The third-order valence-electron chi connectivity index (χ3n) is 3.87. The minimum atomic E-state index is -0.522. The van der Waals surface area contributed by atoms with Gasteiger partial charge < -0.3 is 14.4 Å². The lowest BCUT2D eigenvalue weighted by molar-refractivity contribution is -0.133. The van der Waals surface area contributed by atoms with E-state index in [1.165, 1.54) is 4.90 Å². The molecule has 2 aromatic carbocycles. The fraction of sp³-hybridized carbons (Fsp3) is 0.333. The maximum absolute atomic E-state index is 12.1. The standard InChI is InChI=1S/C21H25NO4/c1-3-4-14-25-19-12-10-18(11-13-19)21(24)26-16-20(23)22(2)15-17-8-6-5-7-9-17/h5-13H,3-4,14-16H2,1-2H3. The summed E-state index contributed by atoms with van der Waals surface area (Å²) in [4.78, 5) is 25.7. The minimum Gasteiger partial charge on any atom is -0.494 e. The number of unbranched alkanes of at least 4 members (excludes halogenated alkanes) is 1. The van der Waals surface area contributed by atoms with E-state index in [1.807, 2.05) is 30.3 Å². The van der Waals surface area contributed by atoms with E-state index < -0.39 is 5.97 Å². The monoisotopic (exact) mass is 355 g/mol. The summed E-state index contributed by atoms with van der Waals surface area (Å²) in [6.45, 7) is 2.95. The van der Waals surface area contributed by atoms with E-state index in [0.29, 0.717) is 24.5 Å². The van der Waals surface area contributed by atoms with Crippen LogP contribution in [0.2, 0.25) is 0 Å². The normalized spacial score (nSPS) is 10.2. The molecule has 0 heterocycles. The summed E-state index contributed by atoms with van der Waals surface area (Å²) in [7, 11) is 1.69. The van der Waals surface area contributed by atoms with Gasteiger partial charge in [0.05, 0.1) is 12.2 Å². The van der Waals surface area contributed by atoms with E-state index in [9.17, 15) is 9.59 Å². The molecule has 0 N–H and O–H groups in total. The van der Waals surface area contributed by atoms with Crippen molar-refractivity contribution in [2.24, 2.45) is 0 Å². The quantitative estimate of drug-likeness (QED) is 0.509. The Bertz CT molecular complexity index is 698. The highest BCUT2D eigenvalue weighted by Crippen LogP contribution is 2.13. The largest absolute Gasteiger partial charge is 0.494 e. The van der Waals surface area contributed by atoms with Crippen molar-refractivity contribution in [1.82, 2.24) is 4.90 Å². The first-order valence-corrected chi connectivity index (χ1v) is 8.78. The minimum absolute atomic E-state index is 0.248. The van der Waals surface area contributed by atoms with Crippen LogP contribution in [0.4, 0.5) is 0 Å². The number of carbonyl (C=O) groups excluding carboxylic acids is 2. The molecule has 1 amide bonds. The number of esters is 1. The van der Waals surface area contributed by atoms with Gasteiger partial charge in [-0.3, -0.25) is 4.79 Å². The van der Waals surface area contributed by atoms with Gasteiger partial charge in [-0.25, -0.2) is 4.79 Å². The number of nitrogens with zero attached hydrogens (tertiary/aromatic N) is 1. The van der Waals surface area contributed by atoms with Gasteiger partial charge in [0.25, 0.3) is 5.91 Å². The Hall–Kier alpha value is -2.82. The molecule has 0 radical (unpaired) electrons. The van der Waals surface area contributed by atoms with Crippen LogP contribution >= 0.6 is 0 Å². The molecule has 0 atom stereocenters. The molecular formula is C21H25NO4. The van der Waals surface area contributed by atoms with Crippen LogP contribution in [-0.4, -0.2) is 37.0 Å². The zero-order chi connectivity index (χ0) is 18.8. The van der Waals surface area contributed by atoms with E-state index in [-0.39, 0.29) is 12.5 Å². The second-order valence-electron chi connectivity index (χ2n) is 6.04. The average molecular weight is 355 g/mol. The number of carbonyl (C=O) groups is 2. The van der Waals surface area contributed by atoms with Gasteiger partial charge in [0.2, 0.25) is 0 Å². The number of hydrogen-bond donors (Lipinski definition) is 0. The zero-order valence-corrected chi connectivity index (χ0v) is 15.3. The van der Waals surface area contributed by atoms with E-state index in [2.05, 4.69) is 6.92 Å². The average Bonchev–Trinajstić information content (AvgIpc) is 2.67. The molecule has 0 aliphatic heterocycles. The smallest absolute Gasteiger partial charge is 0.338 e. The SMILES string of the molecule is CCCCOc1ccc(C(=O)OCC(=O)N(C)Cc2ccccc2)cc1. The highest BCUT2D eigenvalue weighted by molar-refractivity contribution is 5.91. The molecule has 0 saturated carbocycles. The first kappa shape index (κ1) is 19.5. The van der Waals surface area contributed by atoms with Gasteiger partial charge in [0.15, 0.2) is 6.61 Å². The zero-order valence-electron chi connectivity index (χ0n) is 15.3. The maximum atomic E-state index is 12.1. The molecule has 5 heteroatoms. The Kier molecular flexibility index (Phi) is 7.68. The van der Waals surface area contributed by atoms with Crippen molar-refractivity contribution in [2.75, 3.05) is 20.3 Å². The van der Waals surface area contributed by atoms with Crippen LogP contribution in [0.3, 0.4) is 0 Å². The molecule has 0 saturated heterocycles. The van der Waals surface area contributed by atoms with Gasteiger partial charge in [-0.05, 0) is 36.2 Å². The molecule has 138 valence electrons. The van der Waals surface area contributed by atoms with Gasteiger partial charge >= 0.3 is 5.97 Å². The number of rotatable bonds is 9. The topological polar surface area (TPSA) is 55.8 Å². The Morgan fingerprint density at radius 2 is 1.69 bits per heavy atom. The number of benzene rings is 2. The third kappa shape index (κ3) is 6.24. The second kappa shape index (κ2) is 10.2. The Morgan fingerprint density at radius 1 is 1.00 bits per heavy atom. The second-order valence-corrected chi connectivity index (χ2v) is 6.04. The highest BCUT2D eigenvalue weighted by Gasteiger charge is 2.14. The van der Waals surface area contributed by atoms with Crippen molar-refractivity contribution in [3.8, 4) is 5.75 Å². The molecule has 0 bridgehead atoms. The Labute approximate surface area is 154 Å². The first-order valence-electron chi connectivity index (χ1n) is 8.78. The number of ether oxygens (including phenoxy) is 2. The van der Waals surface area contributed by atoms with Crippen LogP contribution in [-0.2, 0) is 16.1 Å². The molecule has 2 rings (SSSR count). The molecule has 0 spiro atoms. The lowest BCUT2D eigenvalue weighted by Crippen LogP contribution is -2.30. The highest BCUT2D eigenvalue weighted by atomic mass is 16.5. The summed E-state index contributed by atoms with van der Waals surface area (Å²) in [6, 6.07) is 16.4. The van der Waals surface area contributed by atoms with Crippen LogP contribution in [0.5, 0.6) is 5.75 Å². The van der Waals surface area contributed by atoms with Crippen LogP contribution in [0.1, 0.15) is 35.7 Å². The first-order chi connectivity index (χ1) is 12.6. The van der Waals surface area contributed by atoms with E-state index >= 15 is 0 Å². The lowest BCUT2D eigenvalue weighted by Gasteiger charge is -2.17. The van der Waals surface area contributed by atoms with Crippen molar-refractivity contribution in [2.45, 2.75) is 26.3 Å². The number of likely N-dealkylation sites (N-methyl/N-ethyl adjacent to an activating group) is 1. The molecule has 5 nitrogen and oxygen atoms in total. The fourth-order valence-electron chi connectivity index (χ4n) is 2.29. The van der Waals surface area contributed by atoms with Gasteiger partial charge in [-0.2, -0.15) is 0 Å². The van der Waals surface area contributed by atoms with E-state index in [0.717, 1.165) is 18.4 Å². The lowest BCUT2D eigenvalue weighted by atomic mass is 10.2. The van der Waals surface area contributed by atoms with Crippen LogP contribution < -0.4 is 4.74 Å². The molecular weight excluding hydrogens is 330 g/mol. The Morgan fingerprint density at radius 3 is 2.35 bits per heavy atom. The summed E-state index contributed by atoms with van der Waals surface area (Å²) < 4.78 is 10.7. The van der Waals surface area contributed by atoms with Crippen molar-refractivity contribution >= 4 is 11.9 Å². The van der Waals surface area contributed by atoms with Crippen molar-refractivity contribution < 1.29 is 19.1 Å². The number of hydrogen-bond acceptors (Lipinski definition) is 4. The predicted octanol–water partition coefficient (Wildman–Crippen LogP) is 3.68. The summed E-state index contributed by atoms with van der Waals surface area (Å²) >= 11 is 0. The third-order valence-corrected chi connectivity index (χ3v) is 3.87. The van der Waals surface area contributed by atoms with E-state index in [4.69, 9.17) is 9.47 Å². The molecule has 0 aromatic heterocycles. The molecule has 0 fully saturated rings. The summed E-state index contributed by atoms with van der Waals surface area (Å²) in [5.74, 6) is -0.0537. The van der Waals surface area contributed by atoms with Gasteiger partial charge in [0, 0.05) is 13.6 Å². The van der Waals surface area contributed by atoms with Crippen LogP contribution in [0, 0.1) is 0 Å². The molecule has 26 heavy (non-hydrogen) atoms. The summed E-state index contributed by atoms with van der Waals surface area (Å²) in [5, 5.41) is 0. The maximum Gasteiger partial charge on any atom is 0.338 e. The van der Waals surface area contributed by atoms with Gasteiger partial charge in [-0.15, -0.1) is 0 Å².